The van der Waals surface area contributed by atoms with Crippen molar-refractivity contribution in [3.8, 4) is 0 Å². The summed E-state index contributed by atoms with van der Waals surface area (Å²) in [6.07, 6.45) is 1.99. The molecule has 0 heterocycles. The van der Waals surface area contributed by atoms with E-state index in [9.17, 15) is 8.78 Å². The summed E-state index contributed by atoms with van der Waals surface area (Å²) < 4.78 is 25.7. The van der Waals surface area contributed by atoms with E-state index in [-0.39, 0.29) is 11.8 Å². The minimum atomic E-state index is -2.34. The van der Waals surface area contributed by atoms with Crippen LogP contribution in [-0.2, 0) is 0 Å². The Morgan fingerprint density at radius 3 is 1.80 bits per heavy atom. The zero-order chi connectivity index (χ0) is 7.78. The summed E-state index contributed by atoms with van der Waals surface area (Å²) in [6, 6.07) is 0. The topological polar surface area (TPSA) is 0 Å². The van der Waals surface area contributed by atoms with E-state index in [1.54, 1.807) is 0 Å². The molecule has 2 atom stereocenters. The molecular weight excluding hydrogens is 134 g/mol. The fourth-order valence-electron chi connectivity index (χ4n) is 1.71. The molecule has 1 fully saturated rings. The van der Waals surface area contributed by atoms with Gasteiger partial charge in [-0.2, -0.15) is 0 Å². The van der Waals surface area contributed by atoms with Gasteiger partial charge in [0.25, 0.3) is 5.92 Å². The third kappa shape index (κ3) is 0.938. The van der Waals surface area contributed by atoms with Gasteiger partial charge in [0.1, 0.15) is 0 Å². The molecule has 1 aliphatic rings. The fraction of sp³-hybridized carbons (Fsp3) is 1.00. The molecule has 1 aliphatic carbocycles. The first-order valence-electron chi connectivity index (χ1n) is 4.00. The van der Waals surface area contributed by atoms with Gasteiger partial charge in [-0.25, -0.2) is 8.78 Å². The molecule has 0 aliphatic heterocycles. The third-order valence-corrected chi connectivity index (χ3v) is 2.64. The maximum absolute atomic E-state index is 12.9. The van der Waals surface area contributed by atoms with E-state index in [4.69, 9.17) is 0 Å². The highest BCUT2D eigenvalue weighted by Gasteiger charge is 2.54. The van der Waals surface area contributed by atoms with Gasteiger partial charge in [0.2, 0.25) is 0 Å². The second-order valence-electron chi connectivity index (χ2n) is 3.12. The van der Waals surface area contributed by atoms with Crippen molar-refractivity contribution in [2.24, 2.45) is 11.8 Å². The van der Waals surface area contributed by atoms with Gasteiger partial charge in [0, 0.05) is 11.8 Å². The zero-order valence-electron chi connectivity index (χ0n) is 6.53. The monoisotopic (exact) mass is 148 g/mol. The number of alkyl halides is 2. The molecule has 2 unspecified atom stereocenters. The van der Waals surface area contributed by atoms with E-state index in [1.807, 2.05) is 13.8 Å². The van der Waals surface area contributed by atoms with Crippen molar-refractivity contribution in [1.29, 1.82) is 0 Å². The summed E-state index contributed by atoms with van der Waals surface area (Å²) in [5.41, 5.74) is 0. The molecule has 0 saturated heterocycles. The molecule has 0 radical (unpaired) electrons. The van der Waals surface area contributed by atoms with Crippen molar-refractivity contribution in [2.75, 3.05) is 0 Å². The second-order valence-corrected chi connectivity index (χ2v) is 3.12. The van der Waals surface area contributed by atoms with Crippen LogP contribution in [0.3, 0.4) is 0 Å². The Labute approximate surface area is 60.6 Å². The third-order valence-electron chi connectivity index (χ3n) is 2.64. The van der Waals surface area contributed by atoms with Gasteiger partial charge in [-0.1, -0.05) is 13.8 Å². The number of hydrogen-bond acceptors (Lipinski definition) is 0. The highest BCUT2D eigenvalue weighted by molar-refractivity contribution is 4.94. The van der Waals surface area contributed by atoms with Crippen LogP contribution in [0, 0.1) is 11.8 Å². The van der Waals surface area contributed by atoms with E-state index >= 15 is 0 Å². The molecule has 0 nitrogen and oxygen atoms in total. The van der Waals surface area contributed by atoms with Crippen LogP contribution < -0.4 is 0 Å². The van der Waals surface area contributed by atoms with Crippen LogP contribution in [0.4, 0.5) is 8.78 Å². The van der Waals surface area contributed by atoms with Crippen LogP contribution in [0.25, 0.3) is 0 Å². The van der Waals surface area contributed by atoms with Gasteiger partial charge in [-0.3, -0.25) is 0 Å². The lowest BCUT2D eigenvalue weighted by Crippen LogP contribution is -2.47. The highest BCUT2D eigenvalue weighted by Crippen LogP contribution is 2.51. The Kier molecular flexibility index (Phi) is 1.97. The largest absolute Gasteiger partial charge is 0.253 e. The van der Waals surface area contributed by atoms with E-state index in [0.29, 0.717) is 12.8 Å². The van der Waals surface area contributed by atoms with Gasteiger partial charge in [-0.15, -0.1) is 0 Å². The average molecular weight is 148 g/mol. The SMILES string of the molecule is CCC1CC(CC)C1(F)F. The molecule has 10 heavy (non-hydrogen) atoms. The Morgan fingerprint density at radius 2 is 1.60 bits per heavy atom. The predicted octanol–water partition coefficient (Wildman–Crippen LogP) is 3.08. The van der Waals surface area contributed by atoms with E-state index in [2.05, 4.69) is 0 Å². The Hall–Kier alpha value is -0.140. The van der Waals surface area contributed by atoms with Crippen LogP contribution >= 0.6 is 0 Å². The molecule has 0 aromatic rings. The molecule has 1 saturated carbocycles. The van der Waals surface area contributed by atoms with E-state index < -0.39 is 5.92 Å². The molecule has 0 bridgehead atoms. The molecule has 60 valence electrons. The van der Waals surface area contributed by atoms with Gasteiger partial charge in [-0.05, 0) is 19.3 Å². The smallest absolute Gasteiger partial charge is 0.206 e. The molecule has 0 aromatic carbocycles. The van der Waals surface area contributed by atoms with Crippen LogP contribution in [0.15, 0.2) is 0 Å². The first-order chi connectivity index (χ1) is 4.62. The molecular formula is C8H14F2. The molecule has 0 amide bonds. The summed E-state index contributed by atoms with van der Waals surface area (Å²) in [5, 5.41) is 0. The fourth-order valence-corrected chi connectivity index (χ4v) is 1.71. The van der Waals surface area contributed by atoms with Crippen molar-refractivity contribution in [3.05, 3.63) is 0 Å². The molecule has 0 N–H and O–H groups in total. The Morgan fingerprint density at radius 1 is 1.20 bits per heavy atom. The van der Waals surface area contributed by atoms with Crippen molar-refractivity contribution in [1.82, 2.24) is 0 Å². The first-order valence-corrected chi connectivity index (χ1v) is 4.00. The minimum absolute atomic E-state index is 0.322. The number of rotatable bonds is 2. The van der Waals surface area contributed by atoms with Crippen LogP contribution in [-0.4, -0.2) is 5.92 Å². The maximum atomic E-state index is 12.9. The highest BCUT2D eigenvalue weighted by atomic mass is 19.3. The second kappa shape index (κ2) is 2.48. The summed E-state index contributed by atoms with van der Waals surface area (Å²) >= 11 is 0. The lowest BCUT2D eigenvalue weighted by molar-refractivity contribution is -0.188. The average Bonchev–Trinajstić information content (AvgIpc) is 1.88. The van der Waals surface area contributed by atoms with Crippen molar-refractivity contribution < 1.29 is 8.78 Å². The number of halogens is 2. The predicted molar refractivity (Wildman–Crippen MR) is 37.1 cm³/mol. The molecule has 2 heteroatoms. The van der Waals surface area contributed by atoms with Crippen LogP contribution in [0.2, 0.25) is 0 Å². The summed E-state index contributed by atoms with van der Waals surface area (Å²) in [7, 11) is 0. The normalized spacial score (nSPS) is 37.2. The summed E-state index contributed by atoms with van der Waals surface area (Å²) in [6.45, 7) is 3.68. The van der Waals surface area contributed by atoms with Crippen molar-refractivity contribution in [2.45, 2.75) is 39.0 Å². The minimum Gasteiger partial charge on any atom is -0.206 e. The van der Waals surface area contributed by atoms with E-state index in [1.165, 1.54) is 0 Å². The lowest BCUT2D eigenvalue weighted by atomic mass is 9.68. The summed E-state index contributed by atoms with van der Waals surface area (Å²) in [5.74, 6) is -2.99. The molecule has 0 aromatic heterocycles. The van der Waals surface area contributed by atoms with Gasteiger partial charge in [0.05, 0.1) is 0 Å². The first kappa shape index (κ1) is 7.96. The Balaban J connectivity index is 2.47. The zero-order valence-corrected chi connectivity index (χ0v) is 6.53. The van der Waals surface area contributed by atoms with Crippen molar-refractivity contribution >= 4 is 0 Å². The molecule has 1 rings (SSSR count). The number of hydrogen-bond donors (Lipinski definition) is 0. The van der Waals surface area contributed by atoms with Crippen molar-refractivity contribution in [3.63, 3.8) is 0 Å². The van der Waals surface area contributed by atoms with Gasteiger partial charge >= 0.3 is 0 Å². The Bertz CT molecular complexity index is 108. The summed E-state index contributed by atoms with van der Waals surface area (Å²) in [4.78, 5) is 0. The standard InChI is InChI=1S/C8H14F2/c1-3-6-5-7(4-2)8(6,9)10/h6-7H,3-5H2,1-2H3. The maximum Gasteiger partial charge on any atom is 0.253 e. The van der Waals surface area contributed by atoms with Gasteiger partial charge < -0.3 is 0 Å². The van der Waals surface area contributed by atoms with Crippen LogP contribution in [0.5, 0.6) is 0 Å². The van der Waals surface area contributed by atoms with Crippen LogP contribution in [0.1, 0.15) is 33.1 Å². The quantitative estimate of drug-likeness (QED) is 0.564. The molecule has 0 spiro atoms. The lowest BCUT2D eigenvalue weighted by Gasteiger charge is -2.43. The van der Waals surface area contributed by atoms with Gasteiger partial charge in [0.15, 0.2) is 0 Å². The van der Waals surface area contributed by atoms with E-state index in [0.717, 1.165) is 6.42 Å².